The van der Waals surface area contributed by atoms with E-state index in [0.717, 1.165) is 16.7 Å². The van der Waals surface area contributed by atoms with Crippen LogP contribution in [0.25, 0.3) is 11.1 Å². The van der Waals surface area contributed by atoms with Gasteiger partial charge in [0.2, 0.25) is 0 Å². The van der Waals surface area contributed by atoms with Gasteiger partial charge >= 0.3 is 6.09 Å². The summed E-state index contributed by atoms with van der Waals surface area (Å²) in [5.41, 5.74) is 4.50. The average Bonchev–Trinajstić information content (AvgIpc) is 3.17. The Morgan fingerprint density at radius 3 is 2.26 bits per heavy atom. The molecule has 1 aliphatic carbocycles. The maximum Gasteiger partial charge on any atom is 0.410 e. The summed E-state index contributed by atoms with van der Waals surface area (Å²) in [5, 5.41) is 11.5. The molecule has 5 nitrogen and oxygen atoms in total. The van der Waals surface area contributed by atoms with Crippen LogP contribution in [0.2, 0.25) is 0 Å². The fourth-order valence-corrected chi connectivity index (χ4v) is 6.16. The van der Waals surface area contributed by atoms with Crippen molar-refractivity contribution in [1.29, 1.82) is 0 Å². The first-order valence-corrected chi connectivity index (χ1v) is 12.1. The fraction of sp³-hybridized carbons (Fsp3) is 0.345. The monoisotopic (exact) mass is 473 g/mol. The second-order valence-electron chi connectivity index (χ2n) is 9.98. The molecule has 1 N–H and O–H groups in total. The standard InChI is InChI=1S/C29H28FNO4/c1-18-10-11-27(30)26(12-18)29(33)13-19-15-34-16-20(14-29)31(19)28(32)35-17-25-23-8-4-2-6-21(23)22-7-3-5-9-24(22)25/h2-12,19-20,25,33H,13-17H2,1H3. The molecule has 0 aromatic heterocycles. The van der Waals surface area contributed by atoms with E-state index in [9.17, 15) is 14.3 Å². The quantitative estimate of drug-likeness (QED) is 0.573. The van der Waals surface area contributed by atoms with Crippen LogP contribution in [0.5, 0.6) is 0 Å². The Labute approximate surface area is 204 Å². The number of hydrogen-bond acceptors (Lipinski definition) is 4. The van der Waals surface area contributed by atoms with Crippen molar-refractivity contribution in [3.63, 3.8) is 0 Å². The molecule has 3 aliphatic rings. The number of halogens is 1. The molecule has 2 aliphatic heterocycles. The van der Waals surface area contributed by atoms with Gasteiger partial charge in [0.15, 0.2) is 0 Å². The van der Waals surface area contributed by atoms with Gasteiger partial charge in [-0.25, -0.2) is 9.18 Å². The number of rotatable bonds is 3. The molecule has 0 radical (unpaired) electrons. The van der Waals surface area contributed by atoms with Crippen LogP contribution in [0.3, 0.4) is 0 Å². The maximum absolute atomic E-state index is 14.7. The van der Waals surface area contributed by atoms with Gasteiger partial charge in [-0.05, 0) is 35.2 Å². The minimum Gasteiger partial charge on any atom is -0.448 e. The lowest BCUT2D eigenvalue weighted by molar-refractivity contribution is -0.137. The third kappa shape index (κ3) is 3.72. The second-order valence-corrected chi connectivity index (χ2v) is 9.98. The van der Waals surface area contributed by atoms with E-state index < -0.39 is 17.5 Å². The van der Waals surface area contributed by atoms with Crippen molar-refractivity contribution < 1.29 is 23.8 Å². The number of benzene rings is 3. The van der Waals surface area contributed by atoms with Gasteiger partial charge in [0.1, 0.15) is 12.4 Å². The zero-order valence-corrected chi connectivity index (χ0v) is 19.6. The first-order valence-electron chi connectivity index (χ1n) is 12.1. The molecule has 180 valence electrons. The first kappa shape index (κ1) is 22.3. The molecule has 6 heteroatoms. The van der Waals surface area contributed by atoms with E-state index in [0.29, 0.717) is 5.56 Å². The van der Waals surface area contributed by atoms with E-state index in [1.807, 2.05) is 31.2 Å². The molecule has 3 aromatic rings. The zero-order valence-electron chi connectivity index (χ0n) is 19.6. The van der Waals surface area contributed by atoms with Gasteiger partial charge in [-0.1, -0.05) is 66.2 Å². The molecule has 2 saturated heterocycles. The summed E-state index contributed by atoms with van der Waals surface area (Å²) in [6, 6.07) is 20.5. The lowest BCUT2D eigenvalue weighted by atomic mass is 9.76. The molecule has 2 atom stereocenters. The second kappa shape index (κ2) is 8.47. The number of piperidine rings is 1. The van der Waals surface area contributed by atoms with Crippen LogP contribution in [-0.2, 0) is 15.1 Å². The number of amides is 1. The van der Waals surface area contributed by atoms with Crippen molar-refractivity contribution in [3.05, 3.63) is 94.8 Å². The summed E-state index contributed by atoms with van der Waals surface area (Å²) in [6.45, 7) is 2.69. The summed E-state index contributed by atoms with van der Waals surface area (Å²) < 4.78 is 26.3. The van der Waals surface area contributed by atoms with Crippen molar-refractivity contribution in [3.8, 4) is 11.1 Å². The van der Waals surface area contributed by atoms with Crippen LogP contribution in [-0.4, -0.2) is 48.0 Å². The number of aliphatic hydroxyl groups is 1. The average molecular weight is 474 g/mol. The van der Waals surface area contributed by atoms with E-state index in [1.165, 1.54) is 17.2 Å². The Hall–Kier alpha value is -3.22. The number of carbonyl (C=O) groups is 1. The van der Waals surface area contributed by atoms with Gasteiger partial charge in [-0.3, -0.25) is 4.90 Å². The molecule has 0 spiro atoms. The summed E-state index contributed by atoms with van der Waals surface area (Å²) in [6.07, 6.45) is -0.000725. The molecular formula is C29H28FNO4. The highest BCUT2D eigenvalue weighted by atomic mass is 19.1. The van der Waals surface area contributed by atoms with Crippen molar-refractivity contribution in [1.82, 2.24) is 4.90 Å². The van der Waals surface area contributed by atoms with Crippen LogP contribution in [0.15, 0.2) is 66.7 Å². The van der Waals surface area contributed by atoms with E-state index in [1.54, 1.807) is 17.0 Å². The molecule has 1 amide bonds. The maximum atomic E-state index is 14.7. The van der Waals surface area contributed by atoms with Crippen molar-refractivity contribution in [2.75, 3.05) is 19.8 Å². The van der Waals surface area contributed by atoms with Crippen LogP contribution < -0.4 is 0 Å². The summed E-state index contributed by atoms with van der Waals surface area (Å²) in [4.78, 5) is 15.1. The first-order chi connectivity index (χ1) is 16.9. The third-order valence-electron chi connectivity index (χ3n) is 7.72. The molecule has 35 heavy (non-hydrogen) atoms. The normalized spacial score (nSPS) is 25.2. The molecule has 6 rings (SSSR count). The van der Waals surface area contributed by atoms with Gasteiger partial charge in [0.05, 0.1) is 30.9 Å². The molecule has 2 fully saturated rings. The number of nitrogens with zero attached hydrogens (tertiary/aromatic N) is 1. The predicted octanol–water partition coefficient (Wildman–Crippen LogP) is 5.13. The van der Waals surface area contributed by atoms with E-state index in [4.69, 9.17) is 9.47 Å². The largest absolute Gasteiger partial charge is 0.448 e. The minimum atomic E-state index is -1.35. The zero-order chi connectivity index (χ0) is 24.2. The summed E-state index contributed by atoms with van der Waals surface area (Å²) in [5.74, 6) is -0.447. The number of morpholine rings is 1. The molecule has 0 saturated carbocycles. The van der Waals surface area contributed by atoms with Crippen LogP contribution >= 0.6 is 0 Å². The topological polar surface area (TPSA) is 59.0 Å². The Bertz CT molecular complexity index is 1230. The summed E-state index contributed by atoms with van der Waals surface area (Å²) in [7, 11) is 0. The van der Waals surface area contributed by atoms with E-state index in [-0.39, 0.29) is 50.7 Å². The van der Waals surface area contributed by atoms with Gasteiger partial charge in [-0.2, -0.15) is 0 Å². The van der Waals surface area contributed by atoms with Gasteiger partial charge in [-0.15, -0.1) is 0 Å². The van der Waals surface area contributed by atoms with Crippen LogP contribution in [0.4, 0.5) is 9.18 Å². The highest BCUT2D eigenvalue weighted by molar-refractivity contribution is 5.79. The molecular weight excluding hydrogens is 445 g/mol. The smallest absolute Gasteiger partial charge is 0.410 e. The number of fused-ring (bicyclic) bond motifs is 5. The van der Waals surface area contributed by atoms with E-state index in [2.05, 4.69) is 24.3 Å². The van der Waals surface area contributed by atoms with Gasteiger partial charge < -0.3 is 14.6 Å². The number of ether oxygens (including phenoxy) is 2. The Balaban J connectivity index is 1.22. The van der Waals surface area contributed by atoms with Gasteiger partial charge in [0, 0.05) is 24.3 Å². The van der Waals surface area contributed by atoms with Crippen molar-refractivity contribution >= 4 is 6.09 Å². The lowest BCUT2D eigenvalue weighted by Gasteiger charge is -2.51. The van der Waals surface area contributed by atoms with Crippen molar-refractivity contribution in [2.24, 2.45) is 0 Å². The molecule has 3 aromatic carbocycles. The molecule has 2 unspecified atom stereocenters. The molecule has 2 bridgehead atoms. The Kier molecular flexibility index (Phi) is 5.38. The SMILES string of the molecule is Cc1ccc(F)c(C2(O)CC3COCC(C2)N3C(=O)OCC2c3ccccc3-c3ccccc32)c1. The fourth-order valence-electron chi connectivity index (χ4n) is 6.16. The molecule has 2 heterocycles. The van der Waals surface area contributed by atoms with Crippen LogP contribution in [0, 0.1) is 12.7 Å². The number of aryl methyl sites for hydroxylation is 1. The Morgan fingerprint density at radius 1 is 1.03 bits per heavy atom. The van der Waals surface area contributed by atoms with Gasteiger partial charge in [0.25, 0.3) is 0 Å². The summed E-state index contributed by atoms with van der Waals surface area (Å²) >= 11 is 0. The predicted molar refractivity (Wildman–Crippen MR) is 130 cm³/mol. The number of carbonyl (C=O) groups excluding carboxylic acids is 1. The highest BCUT2D eigenvalue weighted by Crippen LogP contribution is 2.45. The minimum absolute atomic E-state index is 0.0226. The lowest BCUT2D eigenvalue weighted by Crippen LogP contribution is -2.62. The number of hydrogen-bond donors (Lipinski definition) is 1. The Morgan fingerprint density at radius 2 is 1.63 bits per heavy atom. The van der Waals surface area contributed by atoms with E-state index >= 15 is 0 Å². The van der Waals surface area contributed by atoms with Crippen molar-refractivity contribution in [2.45, 2.75) is 43.4 Å². The third-order valence-corrected chi connectivity index (χ3v) is 7.72. The van der Waals surface area contributed by atoms with Crippen LogP contribution in [0.1, 0.15) is 41.0 Å². The highest BCUT2D eigenvalue weighted by Gasteiger charge is 2.50.